The Balaban J connectivity index is 2.51. The lowest BCUT2D eigenvalue weighted by Gasteiger charge is -2.18. The molecule has 0 radical (unpaired) electrons. The fourth-order valence-corrected chi connectivity index (χ4v) is 1.82. The molecule has 1 rings (SSSR count). The van der Waals surface area contributed by atoms with Gasteiger partial charge in [-0.1, -0.05) is 29.8 Å². The molecule has 4 heteroatoms. The Labute approximate surface area is 107 Å². The first-order valence-corrected chi connectivity index (χ1v) is 6.08. The molecule has 1 amide bonds. The van der Waals surface area contributed by atoms with E-state index in [1.165, 1.54) is 4.90 Å². The maximum absolute atomic E-state index is 11.8. The van der Waals surface area contributed by atoms with Crippen molar-refractivity contribution in [1.29, 1.82) is 0 Å². The summed E-state index contributed by atoms with van der Waals surface area (Å²) in [6.45, 7) is 4.00. The fourth-order valence-electron chi connectivity index (χ4n) is 1.82. The smallest absolute Gasteiger partial charge is 0.323 e. The van der Waals surface area contributed by atoms with Gasteiger partial charge in [0.15, 0.2) is 0 Å². The maximum Gasteiger partial charge on any atom is 0.323 e. The predicted molar refractivity (Wildman–Crippen MR) is 69.4 cm³/mol. The Kier molecular flexibility index (Phi) is 5.36. The van der Waals surface area contributed by atoms with E-state index < -0.39 is 5.97 Å². The van der Waals surface area contributed by atoms with Crippen LogP contribution in [0.15, 0.2) is 24.3 Å². The number of nitrogens with zero attached hydrogens (tertiary/aromatic N) is 1. The molecule has 0 aliphatic heterocycles. The minimum absolute atomic E-state index is 0.110. The normalized spacial score (nSPS) is 10.1. The maximum atomic E-state index is 11.8. The number of likely N-dealkylation sites (N-methyl/N-ethyl adjacent to an activating group) is 1. The van der Waals surface area contributed by atoms with Crippen molar-refractivity contribution in [3.05, 3.63) is 35.4 Å². The van der Waals surface area contributed by atoms with Crippen molar-refractivity contribution in [2.45, 2.75) is 26.7 Å². The molecule has 0 aliphatic rings. The van der Waals surface area contributed by atoms with Crippen molar-refractivity contribution in [3.8, 4) is 0 Å². The zero-order valence-corrected chi connectivity index (χ0v) is 10.8. The van der Waals surface area contributed by atoms with E-state index in [1.54, 1.807) is 6.92 Å². The molecule has 0 saturated carbocycles. The summed E-state index contributed by atoms with van der Waals surface area (Å²) in [6, 6.07) is 7.99. The molecule has 0 bridgehead atoms. The Morgan fingerprint density at radius 1 is 1.33 bits per heavy atom. The molecule has 0 aliphatic carbocycles. The molecule has 0 aromatic heterocycles. The van der Waals surface area contributed by atoms with Crippen molar-refractivity contribution in [2.24, 2.45) is 0 Å². The molecule has 0 spiro atoms. The second kappa shape index (κ2) is 6.79. The van der Waals surface area contributed by atoms with Gasteiger partial charge in [-0.3, -0.25) is 9.59 Å². The third-order valence-corrected chi connectivity index (χ3v) is 2.77. The van der Waals surface area contributed by atoms with Crippen LogP contribution >= 0.6 is 0 Å². The first-order chi connectivity index (χ1) is 8.52. The number of hydrogen-bond acceptors (Lipinski definition) is 2. The van der Waals surface area contributed by atoms with Gasteiger partial charge in [0.05, 0.1) is 0 Å². The summed E-state index contributed by atoms with van der Waals surface area (Å²) < 4.78 is 0. The molecule has 0 fully saturated rings. The third-order valence-electron chi connectivity index (χ3n) is 2.77. The summed E-state index contributed by atoms with van der Waals surface area (Å²) in [4.78, 5) is 23.8. The molecule has 98 valence electrons. The van der Waals surface area contributed by atoms with Gasteiger partial charge < -0.3 is 10.0 Å². The van der Waals surface area contributed by atoms with Crippen molar-refractivity contribution < 1.29 is 14.7 Å². The molecule has 0 heterocycles. The lowest BCUT2D eigenvalue weighted by Crippen LogP contribution is -2.35. The number of amides is 1. The summed E-state index contributed by atoms with van der Waals surface area (Å²) in [5, 5.41) is 8.69. The molecule has 18 heavy (non-hydrogen) atoms. The SMILES string of the molecule is CCN(CC(=O)O)C(=O)CCc1cccc(C)c1. The van der Waals surface area contributed by atoms with E-state index in [4.69, 9.17) is 5.11 Å². The highest BCUT2D eigenvalue weighted by atomic mass is 16.4. The van der Waals surface area contributed by atoms with Crippen LogP contribution in [0.3, 0.4) is 0 Å². The van der Waals surface area contributed by atoms with Crippen LogP contribution < -0.4 is 0 Å². The number of rotatable bonds is 6. The zero-order valence-electron chi connectivity index (χ0n) is 10.8. The summed E-state index contributed by atoms with van der Waals surface area (Å²) in [6.07, 6.45) is 1.00. The van der Waals surface area contributed by atoms with Gasteiger partial charge in [-0.05, 0) is 25.8 Å². The van der Waals surface area contributed by atoms with E-state index in [-0.39, 0.29) is 12.5 Å². The van der Waals surface area contributed by atoms with Gasteiger partial charge in [-0.2, -0.15) is 0 Å². The quantitative estimate of drug-likeness (QED) is 0.837. The average molecular weight is 249 g/mol. The minimum atomic E-state index is -0.972. The number of benzene rings is 1. The number of carboxylic acids is 1. The Bertz CT molecular complexity index is 429. The van der Waals surface area contributed by atoms with Crippen molar-refractivity contribution in [1.82, 2.24) is 4.90 Å². The summed E-state index contributed by atoms with van der Waals surface area (Å²) in [5.74, 6) is -1.08. The molecular formula is C14H19NO3. The van der Waals surface area contributed by atoms with Crippen LogP contribution in [0.1, 0.15) is 24.5 Å². The molecule has 1 N–H and O–H groups in total. The lowest BCUT2D eigenvalue weighted by atomic mass is 10.1. The second-order valence-electron chi connectivity index (χ2n) is 4.29. The van der Waals surface area contributed by atoms with E-state index in [2.05, 4.69) is 0 Å². The average Bonchev–Trinajstić information content (AvgIpc) is 2.33. The van der Waals surface area contributed by atoms with E-state index in [0.29, 0.717) is 19.4 Å². The first kappa shape index (κ1) is 14.2. The zero-order chi connectivity index (χ0) is 13.5. The third kappa shape index (κ3) is 4.57. The lowest BCUT2D eigenvalue weighted by molar-refractivity contribution is -0.144. The van der Waals surface area contributed by atoms with Gasteiger partial charge >= 0.3 is 5.97 Å². The van der Waals surface area contributed by atoms with Gasteiger partial charge in [0.2, 0.25) is 5.91 Å². The van der Waals surface area contributed by atoms with Crippen LogP contribution in [0.4, 0.5) is 0 Å². The van der Waals surface area contributed by atoms with Gasteiger partial charge in [-0.15, -0.1) is 0 Å². The van der Waals surface area contributed by atoms with Crippen molar-refractivity contribution in [3.63, 3.8) is 0 Å². The summed E-state index contributed by atoms with van der Waals surface area (Å²) in [7, 11) is 0. The van der Waals surface area contributed by atoms with Gasteiger partial charge in [-0.25, -0.2) is 0 Å². The number of carbonyl (C=O) groups is 2. The number of carboxylic acid groups (broad SMARTS) is 1. The molecule has 4 nitrogen and oxygen atoms in total. The molecular weight excluding hydrogens is 230 g/mol. The van der Waals surface area contributed by atoms with E-state index in [1.807, 2.05) is 31.2 Å². The van der Waals surface area contributed by atoms with Crippen molar-refractivity contribution in [2.75, 3.05) is 13.1 Å². The van der Waals surface area contributed by atoms with Crippen LogP contribution in [0.25, 0.3) is 0 Å². The number of aliphatic carboxylic acids is 1. The number of aryl methyl sites for hydroxylation is 2. The highest BCUT2D eigenvalue weighted by Crippen LogP contribution is 2.07. The summed E-state index contributed by atoms with van der Waals surface area (Å²) >= 11 is 0. The van der Waals surface area contributed by atoms with Crippen LogP contribution in [0.5, 0.6) is 0 Å². The molecule has 1 aromatic carbocycles. The van der Waals surface area contributed by atoms with E-state index >= 15 is 0 Å². The Morgan fingerprint density at radius 3 is 2.61 bits per heavy atom. The molecule has 0 unspecified atom stereocenters. The number of hydrogen-bond donors (Lipinski definition) is 1. The Hall–Kier alpha value is -1.84. The van der Waals surface area contributed by atoms with E-state index in [9.17, 15) is 9.59 Å². The molecule has 0 saturated heterocycles. The van der Waals surface area contributed by atoms with Crippen LogP contribution in [-0.4, -0.2) is 35.0 Å². The number of carbonyl (C=O) groups excluding carboxylic acids is 1. The van der Waals surface area contributed by atoms with Crippen LogP contribution in [0, 0.1) is 6.92 Å². The summed E-state index contributed by atoms with van der Waals surface area (Å²) in [5.41, 5.74) is 2.27. The largest absolute Gasteiger partial charge is 0.480 e. The topological polar surface area (TPSA) is 57.6 Å². The highest BCUT2D eigenvalue weighted by molar-refractivity contribution is 5.81. The van der Waals surface area contributed by atoms with Gasteiger partial charge in [0.1, 0.15) is 6.54 Å². The van der Waals surface area contributed by atoms with Crippen LogP contribution in [0.2, 0.25) is 0 Å². The van der Waals surface area contributed by atoms with E-state index in [0.717, 1.165) is 11.1 Å². The fraction of sp³-hybridized carbons (Fsp3) is 0.429. The standard InChI is InChI=1S/C14H19NO3/c1-3-15(10-14(17)18)13(16)8-7-12-6-4-5-11(2)9-12/h4-6,9H,3,7-8,10H2,1-2H3,(H,17,18). The molecule has 0 atom stereocenters. The predicted octanol–water partition coefficient (Wildman–Crippen LogP) is 1.86. The monoisotopic (exact) mass is 249 g/mol. The minimum Gasteiger partial charge on any atom is -0.480 e. The highest BCUT2D eigenvalue weighted by Gasteiger charge is 2.14. The first-order valence-electron chi connectivity index (χ1n) is 6.08. The second-order valence-corrected chi connectivity index (χ2v) is 4.29. The Morgan fingerprint density at radius 2 is 2.06 bits per heavy atom. The van der Waals surface area contributed by atoms with Crippen LogP contribution in [-0.2, 0) is 16.0 Å². The van der Waals surface area contributed by atoms with Crippen molar-refractivity contribution >= 4 is 11.9 Å². The van der Waals surface area contributed by atoms with Gasteiger partial charge in [0.25, 0.3) is 0 Å². The van der Waals surface area contributed by atoms with Gasteiger partial charge in [0, 0.05) is 13.0 Å². The molecule has 1 aromatic rings.